The third-order valence-corrected chi connectivity index (χ3v) is 13.6. The smallest absolute Gasteiger partial charge is 0.407 e. The molecule has 0 radical (unpaired) electrons. The quantitative estimate of drug-likeness (QED) is 0.0517. The summed E-state index contributed by atoms with van der Waals surface area (Å²) in [6.07, 6.45) is 10.8. The van der Waals surface area contributed by atoms with Crippen molar-refractivity contribution in [2.24, 2.45) is 0 Å². The third kappa shape index (κ3) is 11.2. The molecule has 73 heavy (non-hydrogen) atoms. The Kier molecular flexibility index (Phi) is 14.2. The molecule has 8 aromatic rings. The second kappa shape index (κ2) is 21.7. The van der Waals surface area contributed by atoms with Crippen molar-refractivity contribution in [2.75, 3.05) is 20.2 Å². The fourth-order valence-corrected chi connectivity index (χ4v) is 9.97. The van der Waals surface area contributed by atoms with Gasteiger partial charge in [-0.05, 0) is 59.1 Å². The minimum Gasteiger partial charge on any atom is -0.465 e. The number of benzene rings is 4. The molecule has 18 heteroatoms. The van der Waals surface area contributed by atoms with E-state index in [4.69, 9.17) is 14.7 Å². The van der Waals surface area contributed by atoms with Gasteiger partial charge in [-0.1, -0.05) is 109 Å². The molecule has 0 saturated carbocycles. The first kappa shape index (κ1) is 47.9. The number of hydrogen-bond donors (Lipinski definition) is 6. The highest BCUT2D eigenvalue weighted by Gasteiger charge is 2.38. The van der Waals surface area contributed by atoms with Gasteiger partial charge in [0.05, 0.1) is 60.7 Å². The molecular weight excluding hydrogens is 925 g/mol. The zero-order valence-corrected chi connectivity index (χ0v) is 40.3. The number of aromatic nitrogens is 8. The maximum atomic E-state index is 14.2. The number of carbonyl (C=O) groups excluding carboxylic acids is 3. The minimum atomic E-state index is -1.28. The molecule has 18 nitrogen and oxygen atoms in total. The summed E-state index contributed by atoms with van der Waals surface area (Å²) in [7, 11) is 1.28. The Morgan fingerprint density at radius 2 is 1.19 bits per heavy atom. The summed E-state index contributed by atoms with van der Waals surface area (Å²) >= 11 is 0. The second-order valence-corrected chi connectivity index (χ2v) is 18.5. The first-order valence-corrected chi connectivity index (χ1v) is 24.5. The van der Waals surface area contributed by atoms with E-state index in [0.29, 0.717) is 55.5 Å². The lowest BCUT2D eigenvalue weighted by Crippen LogP contribution is -2.49. The van der Waals surface area contributed by atoms with Crippen LogP contribution in [-0.2, 0) is 40.1 Å². The molecule has 0 aliphatic carbocycles. The highest BCUT2D eigenvalue weighted by Crippen LogP contribution is 2.35. The summed E-state index contributed by atoms with van der Waals surface area (Å²) in [5.74, 6) is 1.52. The summed E-state index contributed by atoms with van der Waals surface area (Å²) in [4.78, 5) is 84.9. The number of H-pyrrole nitrogens is 3. The number of imidazole rings is 4. The van der Waals surface area contributed by atoms with Crippen molar-refractivity contribution in [1.82, 2.24) is 59.9 Å². The van der Waals surface area contributed by atoms with E-state index in [1.165, 1.54) is 7.11 Å². The zero-order valence-electron chi connectivity index (χ0n) is 40.3. The highest BCUT2D eigenvalue weighted by molar-refractivity contribution is 5.87. The summed E-state index contributed by atoms with van der Waals surface area (Å²) in [5, 5.41) is 14.9. The Morgan fingerprint density at radius 1 is 0.671 bits per heavy atom. The number of hydrogen-bond acceptors (Lipinski definition) is 9. The number of rotatable bonds is 17. The van der Waals surface area contributed by atoms with Gasteiger partial charge in [-0.25, -0.2) is 29.5 Å². The van der Waals surface area contributed by atoms with Gasteiger partial charge in [-0.3, -0.25) is 9.59 Å². The van der Waals surface area contributed by atoms with Crippen LogP contribution in [-0.4, -0.2) is 111 Å². The molecule has 2 aliphatic heterocycles. The maximum Gasteiger partial charge on any atom is 0.407 e. The third-order valence-electron chi connectivity index (χ3n) is 13.6. The average molecular weight is 981 g/mol. The second-order valence-electron chi connectivity index (χ2n) is 18.5. The Hall–Kier alpha value is -8.80. The van der Waals surface area contributed by atoms with Crippen LogP contribution >= 0.6 is 0 Å². The van der Waals surface area contributed by atoms with Gasteiger partial charge in [-0.2, -0.15) is 0 Å². The Balaban J connectivity index is 0.765. The molecule has 2 fully saturated rings. The Labute approximate surface area is 421 Å². The number of nitrogens with one attached hydrogen (secondary N) is 5. The number of carboxylic acid groups (broad SMARTS) is 1. The molecule has 2 aliphatic rings. The van der Waals surface area contributed by atoms with Crippen molar-refractivity contribution in [3.8, 4) is 33.6 Å². The van der Waals surface area contributed by atoms with Gasteiger partial charge < -0.3 is 49.8 Å². The van der Waals surface area contributed by atoms with Crippen molar-refractivity contribution < 1.29 is 29.0 Å². The van der Waals surface area contributed by atoms with Crippen LogP contribution < -0.4 is 10.6 Å². The van der Waals surface area contributed by atoms with Crippen LogP contribution in [0.1, 0.15) is 77.8 Å². The number of carbonyl (C=O) groups is 4. The maximum absolute atomic E-state index is 14.2. The largest absolute Gasteiger partial charge is 0.465 e. The molecule has 4 atom stereocenters. The number of aromatic amines is 3. The van der Waals surface area contributed by atoms with Crippen LogP contribution in [0, 0.1) is 0 Å². The normalized spacial score (nSPS) is 16.3. The van der Waals surface area contributed by atoms with Gasteiger partial charge in [0.2, 0.25) is 11.8 Å². The molecule has 4 aromatic heterocycles. The molecule has 10 rings (SSSR count). The van der Waals surface area contributed by atoms with E-state index in [0.717, 1.165) is 69.9 Å². The van der Waals surface area contributed by atoms with Gasteiger partial charge in [0.1, 0.15) is 29.6 Å². The fraction of sp³-hybridized carbons (Fsp3) is 0.273. The lowest BCUT2D eigenvalue weighted by Gasteiger charge is -2.28. The van der Waals surface area contributed by atoms with E-state index in [1.807, 2.05) is 95.7 Å². The predicted octanol–water partition coefficient (Wildman–Crippen LogP) is 7.87. The number of nitrogens with zero attached hydrogens (tertiary/aromatic N) is 7. The van der Waals surface area contributed by atoms with Crippen LogP contribution in [0.4, 0.5) is 9.59 Å². The fourth-order valence-electron chi connectivity index (χ4n) is 9.97. The van der Waals surface area contributed by atoms with Crippen molar-refractivity contribution in [1.29, 1.82) is 0 Å². The summed E-state index contributed by atoms with van der Waals surface area (Å²) in [6.45, 7) is 1.64. The van der Waals surface area contributed by atoms with E-state index in [9.17, 15) is 24.3 Å². The average Bonchev–Trinajstić information content (AvgIpc) is 4.28. The lowest BCUT2D eigenvalue weighted by atomic mass is 10.0. The van der Waals surface area contributed by atoms with Crippen LogP contribution in [0.2, 0.25) is 0 Å². The molecule has 4 amide bonds. The molecular formula is C55H56N12O6. The molecule has 372 valence electrons. The van der Waals surface area contributed by atoms with Crippen LogP contribution in [0.15, 0.2) is 140 Å². The van der Waals surface area contributed by atoms with Crippen LogP contribution in [0.3, 0.4) is 0 Å². The predicted molar refractivity (Wildman–Crippen MR) is 272 cm³/mol. The van der Waals surface area contributed by atoms with Crippen molar-refractivity contribution in [3.05, 3.63) is 180 Å². The van der Waals surface area contributed by atoms with Gasteiger partial charge in [0.15, 0.2) is 0 Å². The SMILES string of the molecule is COC(=O)N[C@@H](Cc1cn(Cc2ccccc2)cn1)C(=O)N1CCC[C@H]1c1ncc(-c2ccc(-c3ccc(-c4cnc([C@@H]5CCCN5C(=O)[C@H](Cc5c[nH]c(Cc6ccccc6)n5)NC(=O)O)[nH]4)cc3)cc2)[nH]1. The van der Waals surface area contributed by atoms with E-state index < -0.39 is 24.3 Å². The molecule has 0 unspecified atom stereocenters. The summed E-state index contributed by atoms with van der Waals surface area (Å²) < 4.78 is 6.87. The van der Waals surface area contributed by atoms with Crippen LogP contribution in [0.5, 0.6) is 0 Å². The van der Waals surface area contributed by atoms with Gasteiger partial charge in [0, 0.05) is 51.3 Å². The van der Waals surface area contributed by atoms with Crippen molar-refractivity contribution in [3.63, 3.8) is 0 Å². The number of amides is 4. The van der Waals surface area contributed by atoms with Crippen molar-refractivity contribution in [2.45, 2.75) is 75.7 Å². The number of methoxy groups -OCH3 is 1. The Bertz CT molecular complexity index is 3170. The number of alkyl carbamates (subject to hydrolysis) is 1. The van der Waals surface area contributed by atoms with Gasteiger partial charge in [-0.15, -0.1) is 0 Å². The number of likely N-dealkylation sites (tertiary alicyclic amines) is 2. The first-order chi connectivity index (χ1) is 35.6. The van der Waals surface area contributed by atoms with E-state index in [-0.39, 0.29) is 36.7 Å². The minimum absolute atomic E-state index is 0.109. The molecule has 6 N–H and O–H groups in total. The standard InChI is InChI=1S/C55H56N12O6/c1-73-55(72)64-44(28-42-33-65(34-59-42)32-36-12-6-3-7-13-36)53(69)67-25-9-15-48(67)51-58-31-46(62-51)40-22-18-38(19-23-40)37-16-20-39(21-17-37)45-30-57-50(61-45)47-14-8-24-66(47)52(68)43(63-54(70)71)27-41-29-56-49(60-41)26-35-10-4-2-5-11-35/h2-7,10-13,16-23,29-31,33-34,43-44,47-48,63H,8-9,14-15,24-28,32H2,1H3,(H,56,60)(H,57,61)(H,58,62)(H,64,72)(H,70,71)/t43-,44-,47-,48-/m0/s1. The highest BCUT2D eigenvalue weighted by atomic mass is 16.5. The summed E-state index contributed by atoms with van der Waals surface area (Å²) in [6, 6.07) is 33.8. The molecule has 0 spiro atoms. The van der Waals surface area contributed by atoms with E-state index >= 15 is 0 Å². The molecule has 6 heterocycles. The zero-order chi connectivity index (χ0) is 50.3. The monoisotopic (exact) mass is 980 g/mol. The first-order valence-electron chi connectivity index (χ1n) is 24.5. The van der Waals surface area contributed by atoms with Gasteiger partial charge >= 0.3 is 12.2 Å². The van der Waals surface area contributed by atoms with E-state index in [1.54, 1.807) is 34.7 Å². The van der Waals surface area contributed by atoms with E-state index in [2.05, 4.69) is 59.8 Å². The summed E-state index contributed by atoms with van der Waals surface area (Å²) in [5.41, 5.74) is 9.02. The molecule has 4 aromatic carbocycles. The van der Waals surface area contributed by atoms with Crippen molar-refractivity contribution >= 4 is 24.0 Å². The molecule has 0 bridgehead atoms. The van der Waals surface area contributed by atoms with Gasteiger partial charge in [0.25, 0.3) is 0 Å². The molecule has 2 saturated heterocycles. The Morgan fingerprint density at radius 3 is 1.74 bits per heavy atom. The lowest BCUT2D eigenvalue weighted by molar-refractivity contribution is -0.135. The number of ether oxygens (including phenoxy) is 1. The van der Waals surface area contributed by atoms with Crippen LogP contribution in [0.25, 0.3) is 33.6 Å². The topological polar surface area (TPSA) is 232 Å².